The lowest BCUT2D eigenvalue weighted by atomic mass is 9.93. The van der Waals surface area contributed by atoms with Gasteiger partial charge in [0.05, 0.1) is 28.5 Å². The quantitative estimate of drug-likeness (QED) is 0.481. The topological polar surface area (TPSA) is 91.8 Å². The normalized spacial score (nSPS) is 19.4. The number of nitrogens with one attached hydrogen (secondary N) is 1. The number of piperidine rings is 1. The Morgan fingerprint density at radius 2 is 2.06 bits per heavy atom. The number of nitrogens with zero attached hydrogens (tertiary/aromatic N) is 6. The zero-order valence-electron chi connectivity index (χ0n) is 20.2. The molecule has 36 heavy (non-hydrogen) atoms. The molecule has 0 bridgehead atoms. The van der Waals surface area contributed by atoms with Crippen molar-refractivity contribution in [3.05, 3.63) is 69.9 Å². The number of aromatic nitrogens is 4. The van der Waals surface area contributed by atoms with Crippen LogP contribution in [0.25, 0.3) is 28.0 Å². The van der Waals surface area contributed by atoms with Gasteiger partial charge >= 0.3 is 0 Å². The Morgan fingerprint density at radius 1 is 1.19 bits per heavy atom. The van der Waals surface area contributed by atoms with E-state index in [1.165, 1.54) is 16.7 Å². The smallest absolute Gasteiger partial charge is 0.263 e. The minimum atomic E-state index is -0.640. The highest BCUT2D eigenvalue weighted by atomic mass is 19.1. The summed E-state index contributed by atoms with van der Waals surface area (Å²) in [5, 5.41) is 18.0. The van der Waals surface area contributed by atoms with E-state index in [2.05, 4.69) is 15.3 Å². The molecule has 2 aliphatic rings. The Bertz CT molecular complexity index is 1600. The fraction of sp³-hybridized carbons (Fsp3) is 0.333. The van der Waals surface area contributed by atoms with Crippen molar-refractivity contribution in [3.63, 3.8) is 0 Å². The molecule has 182 valence electrons. The van der Waals surface area contributed by atoms with Crippen LogP contribution in [0.2, 0.25) is 0 Å². The fourth-order valence-electron chi connectivity index (χ4n) is 5.61. The molecule has 2 atom stereocenters. The Labute approximate surface area is 207 Å². The highest BCUT2D eigenvalue weighted by molar-refractivity contribution is 5.81. The second-order valence-corrected chi connectivity index (χ2v) is 9.69. The summed E-state index contributed by atoms with van der Waals surface area (Å²) in [4.78, 5) is 21.1. The van der Waals surface area contributed by atoms with Gasteiger partial charge < -0.3 is 10.2 Å². The molecular formula is C27H26FN7O. The van der Waals surface area contributed by atoms with Gasteiger partial charge in [0.25, 0.3) is 5.56 Å². The average Bonchev–Trinajstić information content (AvgIpc) is 3.51. The lowest BCUT2D eigenvalue weighted by Gasteiger charge is -2.36. The number of anilines is 1. The van der Waals surface area contributed by atoms with Gasteiger partial charge in [-0.3, -0.25) is 14.0 Å². The number of halogens is 1. The molecule has 0 spiro atoms. The van der Waals surface area contributed by atoms with Crippen LogP contribution in [0.1, 0.15) is 24.0 Å². The van der Waals surface area contributed by atoms with Crippen molar-refractivity contribution in [2.75, 3.05) is 24.5 Å². The van der Waals surface area contributed by atoms with Crippen LogP contribution in [0.5, 0.6) is 0 Å². The zero-order chi connectivity index (χ0) is 25.0. The van der Waals surface area contributed by atoms with E-state index < -0.39 is 5.82 Å². The van der Waals surface area contributed by atoms with Crippen molar-refractivity contribution in [2.45, 2.75) is 25.8 Å². The summed E-state index contributed by atoms with van der Waals surface area (Å²) >= 11 is 0. The third kappa shape index (κ3) is 3.57. The van der Waals surface area contributed by atoms with Gasteiger partial charge in [0.2, 0.25) is 0 Å². The van der Waals surface area contributed by atoms with E-state index in [9.17, 15) is 14.4 Å². The first-order valence-electron chi connectivity index (χ1n) is 12.2. The van der Waals surface area contributed by atoms with Crippen molar-refractivity contribution in [1.29, 1.82) is 5.26 Å². The maximum atomic E-state index is 14.7. The van der Waals surface area contributed by atoms with Crippen LogP contribution in [0, 0.1) is 30.0 Å². The van der Waals surface area contributed by atoms with Gasteiger partial charge in [-0.05, 0) is 68.6 Å². The summed E-state index contributed by atoms with van der Waals surface area (Å²) in [6, 6.07) is 12.4. The molecule has 0 aliphatic carbocycles. The van der Waals surface area contributed by atoms with Crippen LogP contribution in [-0.2, 0) is 7.05 Å². The number of benzene rings is 2. The van der Waals surface area contributed by atoms with Crippen LogP contribution in [0.3, 0.4) is 0 Å². The molecule has 0 amide bonds. The number of hydrogen-bond donors (Lipinski definition) is 1. The van der Waals surface area contributed by atoms with E-state index in [1.54, 1.807) is 16.9 Å². The molecule has 2 aromatic heterocycles. The van der Waals surface area contributed by atoms with Gasteiger partial charge in [-0.1, -0.05) is 0 Å². The first kappa shape index (κ1) is 22.4. The molecule has 0 radical (unpaired) electrons. The molecule has 2 saturated heterocycles. The van der Waals surface area contributed by atoms with Crippen molar-refractivity contribution in [2.24, 2.45) is 13.0 Å². The third-order valence-corrected chi connectivity index (χ3v) is 7.57. The summed E-state index contributed by atoms with van der Waals surface area (Å²) in [6.45, 7) is 4.46. The Balaban J connectivity index is 1.55. The predicted molar refractivity (Wildman–Crippen MR) is 136 cm³/mol. The van der Waals surface area contributed by atoms with E-state index in [-0.39, 0.29) is 11.1 Å². The van der Waals surface area contributed by atoms with E-state index in [0.717, 1.165) is 43.4 Å². The number of rotatable bonds is 3. The average molecular weight is 484 g/mol. The molecule has 8 nitrogen and oxygen atoms in total. The zero-order valence-corrected chi connectivity index (χ0v) is 20.2. The van der Waals surface area contributed by atoms with Gasteiger partial charge in [0.15, 0.2) is 0 Å². The van der Waals surface area contributed by atoms with Crippen molar-refractivity contribution in [1.82, 2.24) is 24.6 Å². The van der Waals surface area contributed by atoms with E-state index in [1.807, 2.05) is 38.2 Å². The molecule has 2 fully saturated rings. The SMILES string of the molecule is Cc1c(N2CCC3NCCC3C2)nc(-c2ccc(C#N)c(F)c2)n(-c2ccc3c(cnn3C)c2)c1=O. The second-order valence-electron chi connectivity index (χ2n) is 9.69. The highest BCUT2D eigenvalue weighted by Gasteiger charge is 2.34. The van der Waals surface area contributed by atoms with Gasteiger partial charge in [0, 0.05) is 37.1 Å². The molecule has 6 rings (SSSR count). The van der Waals surface area contributed by atoms with Crippen LogP contribution >= 0.6 is 0 Å². The molecular weight excluding hydrogens is 457 g/mol. The molecule has 0 saturated carbocycles. The molecule has 2 aromatic carbocycles. The Kier molecular flexibility index (Phi) is 5.34. The maximum absolute atomic E-state index is 14.7. The van der Waals surface area contributed by atoms with Crippen molar-refractivity contribution in [3.8, 4) is 23.1 Å². The number of fused-ring (bicyclic) bond motifs is 2. The summed E-state index contributed by atoms with van der Waals surface area (Å²) in [6.07, 6.45) is 3.85. The summed E-state index contributed by atoms with van der Waals surface area (Å²) in [5.41, 5.74) is 2.31. The van der Waals surface area contributed by atoms with E-state index in [4.69, 9.17) is 4.98 Å². The van der Waals surface area contributed by atoms with Crippen LogP contribution < -0.4 is 15.8 Å². The van der Waals surface area contributed by atoms with Crippen LogP contribution in [0.4, 0.5) is 10.2 Å². The van der Waals surface area contributed by atoms with E-state index >= 15 is 0 Å². The minimum Gasteiger partial charge on any atom is -0.356 e. The molecule has 4 aromatic rings. The molecule has 1 N–H and O–H groups in total. The maximum Gasteiger partial charge on any atom is 0.263 e. The largest absolute Gasteiger partial charge is 0.356 e. The number of nitriles is 1. The van der Waals surface area contributed by atoms with Crippen molar-refractivity contribution < 1.29 is 4.39 Å². The lowest BCUT2D eigenvalue weighted by molar-refractivity contribution is 0.374. The molecule has 2 aliphatic heterocycles. The predicted octanol–water partition coefficient (Wildman–Crippen LogP) is 3.29. The highest BCUT2D eigenvalue weighted by Crippen LogP contribution is 2.31. The standard InChI is InChI=1S/C27H26FN7O/c1-16-25(34-10-8-23-19(15-34)7-9-30-23)32-26(17-3-4-18(13-29)22(28)12-17)35(27(16)36)21-5-6-24-20(11-21)14-31-33(24)2/h3-6,11-12,14,19,23,30H,7-10,15H2,1-2H3. The van der Waals surface area contributed by atoms with Gasteiger partial charge in [0.1, 0.15) is 23.5 Å². The first-order chi connectivity index (χ1) is 17.4. The van der Waals surface area contributed by atoms with Gasteiger partial charge in [-0.25, -0.2) is 9.37 Å². The third-order valence-electron chi connectivity index (χ3n) is 7.57. The monoisotopic (exact) mass is 483 g/mol. The Hall–Kier alpha value is -4.03. The lowest BCUT2D eigenvalue weighted by Crippen LogP contribution is -2.45. The molecule has 4 heterocycles. The number of hydrogen-bond acceptors (Lipinski definition) is 6. The second kappa shape index (κ2) is 8.57. The first-order valence-corrected chi connectivity index (χ1v) is 12.2. The molecule has 2 unspecified atom stereocenters. The van der Waals surface area contributed by atoms with Gasteiger partial charge in [-0.2, -0.15) is 10.4 Å². The summed E-state index contributed by atoms with van der Waals surface area (Å²) in [5.74, 6) is 0.868. The van der Waals surface area contributed by atoms with Gasteiger partial charge in [-0.15, -0.1) is 0 Å². The fourth-order valence-corrected chi connectivity index (χ4v) is 5.61. The number of aryl methyl sites for hydroxylation is 1. The Morgan fingerprint density at radius 3 is 2.86 bits per heavy atom. The van der Waals surface area contributed by atoms with E-state index in [0.29, 0.717) is 40.4 Å². The van der Waals surface area contributed by atoms with Crippen molar-refractivity contribution >= 4 is 16.7 Å². The van der Waals surface area contributed by atoms with Crippen LogP contribution in [0.15, 0.2) is 47.4 Å². The summed E-state index contributed by atoms with van der Waals surface area (Å²) < 4.78 is 18.0. The molecule has 9 heteroatoms. The summed E-state index contributed by atoms with van der Waals surface area (Å²) in [7, 11) is 1.86. The van der Waals surface area contributed by atoms with Crippen LogP contribution in [-0.4, -0.2) is 45.0 Å². The minimum absolute atomic E-state index is 0.0485.